The van der Waals surface area contributed by atoms with Gasteiger partial charge in [-0.3, -0.25) is 0 Å². The molecule has 6 nitrogen and oxygen atoms in total. The first-order valence-corrected chi connectivity index (χ1v) is 16.5. The molecule has 1 aliphatic heterocycles. The maximum Gasteiger partial charge on any atom is 0.186 e. The van der Waals surface area contributed by atoms with Gasteiger partial charge in [0.15, 0.2) is 6.29 Å². The molecule has 230 valence electrons. The van der Waals surface area contributed by atoms with E-state index in [1.54, 1.807) is 6.92 Å². The predicted molar refractivity (Wildman–Crippen MR) is 156 cm³/mol. The highest BCUT2D eigenvalue weighted by Crippen LogP contribution is 2.67. The lowest BCUT2D eigenvalue weighted by Gasteiger charge is -2.58. The van der Waals surface area contributed by atoms with E-state index in [9.17, 15) is 20.4 Å². The maximum absolute atomic E-state index is 11.5. The molecule has 4 fully saturated rings. The minimum absolute atomic E-state index is 0.0641. The van der Waals surface area contributed by atoms with Gasteiger partial charge in [0.2, 0.25) is 0 Å². The Bertz CT molecular complexity index is 920. The van der Waals surface area contributed by atoms with Gasteiger partial charge < -0.3 is 29.9 Å². The van der Waals surface area contributed by atoms with Gasteiger partial charge in [0.25, 0.3) is 0 Å². The number of hydrogen-bond acceptors (Lipinski definition) is 6. The second-order valence-electron chi connectivity index (χ2n) is 15.6. The van der Waals surface area contributed by atoms with Crippen LogP contribution in [-0.2, 0) is 9.47 Å². The van der Waals surface area contributed by atoms with Gasteiger partial charge in [-0.1, -0.05) is 66.0 Å². The lowest BCUT2D eigenvalue weighted by atomic mass is 9.47. The average molecular weight is 563 g/mol. The SMILES string of the molecule is CC(C)[C@@H](C)CC[C@@H](C)[C@H]1[C@@H](O)CC2C3CC=C4C[C@@H](O[C@@H]5O[C@@H](C)[C@@H](O)[C@@H](O)[C@@H]5O)CC[C@]4(C)C3CC[C@@]21C. The number of aliphatic hydroxyl groups is 4. The van der Waals surface area contributed by atoms with E-state index in [1.807, 2.05) is 0 Å². The van der Waals surface area contributed by atoms with E-state index in [0.717, 1.165) is 38.0 Å². The van der Waals surface area contributed by atoms with Crippen LogP contribution in [0.3, 0.4) is 0 Å². The number of fused-ring (bicyclic) bond motifs is 5. The van der Waals surface area contributed by atoms with E-state index in [1.165, 1.54) is 31.3 Å². The Balaban J connectivity index is 1.26. The normalized spacial score (nSPS) is 50.5. The molecule has 0 aromatic carbocycles. The molecule has 0 radical (unpaired) electrons. The number of allylic oxidation sites excluding steroid dienone is 1. The van der Waals surface area contributed by atoms with Crippen molar-refractivity contribution in [2.75, 3.05) is 0 Å². The van der Waals surface area contributed by atoms with Crippen LogP contribution < -0.4 is 0 Å². The minimum atomic E-state index is -1.26. The second-order valence-corrected chi connectivity index (χ2v) is 15.6. The molecule has 5 aliphatic rings. The quantitative estimate of drug-likeness (QED) is 0.308. The fourth-order valence-electron chi connectivity index (χ4n) is 10.2. The van der Waals surface area contributed by atoms with Gasteiger partial charge >= 0.3 is 0 Å². The first kappa shape index (κ1) is 30.9. The van der Waals surface area contributed by atoms with Gasteiger partial charge in [-0.25, -0.2) is 0 Å². The maximum atomic E-state index is 11.5. The molecule has 15 atom stereocenters. The fraction of sp³-hybridized carbons (Fsp3) is 0.941. The zero-order valence-corrected chi connectivity index (χ0v) is 26.1. The lowest BCUT2D eigenvalue weighted by molar-refractivity contribution is -0.305. The van der Waals surface area contributed by atoms with Crippen LogP contribution in [0.1, 0.15) is 106 Å². The largest absolute Gasteiger partial charge is 0.393 e. The molecule has 6 heteroatoms. The molecule has 4 aliphatic carbocycles. The summed E-state index contributed by atoms with van der Waals surface area (Å²) in [5, 5.41) is 42.2. The number of rotatable bonds is 7. The molecule has 0 amide bonds. The molecule has 3 saturated carbocycles. The van der Waals surface area contributed by atoms with Crippen LogP contribution in [-0.4, -0.2) is 63.3 Å². The molecular weight excluding hydrogens is 504 g/mol. The van der Waals surface area contributed by atoms with E-state index < -0.39 is 30.7 Å². The standard InChI is InChI=1S/C34H58O6/c1-18(2)19(3)8-9-20(4)28-27(35)17-26-24-11-10-22-16-23(40-32-31(38)30(37)29(36)21(5)39-32)12-14-33(22,6)25(24)13-15-34(26,28)7/h10,18-21,23-32,35-38H,8-9,11-17H2,1-7H3/t19-,20+,21-,23-,24?,25?,26?,27-,28-,29+,30+,31-,32-,33-,34-/m0/s1. The molecule has 0 spiro atoms. The van der Waals surface area contributed by atoms with Crippen molar-refractivity contribution in [3.8, 4) is 0 Å². The van der Waals surface area contributed by atoms with Crippen molar-refractivity contribution in [1.29, 1.82) is 0 Å². The van der Waals surface area contributed by atoms with E-state index in [0.29, 0.717) is 35.5 Å². The molecule has 0 aromatic heterocycles. The highest BCUT2D eigenvalue weighted by atomic mass is 16.7. The van der Waals surface area contributed by atoms with Crippen LogP contribution >= 0.6 is 0 Å². The first-order valence-electron chi connectivity index (χ1n) is 16.5. The van der Waals surface area contributed by atoms with Gasteiger partial charge in [-0.2, -0.15) is 0 Å². The van der Waals surface area contributed by atoms with E-state index in [4.69, 9.17) is 9.47 Å². The Morgan fingerprint density at radius 1 is 0.950 bits per heavy atom. The Morgan fingerprint density at radius 3 is 2.38 bits per heavy atom. The summed E-state index contributed by atoms with van der Waals surface area (Å²) < 4.78 is 12.0. The summed E-state index contributed by atoms with van der Waals surface area (Å²) in [5.74, 6) is 4.26. The smallest absolute Gasteiger partial charge is 0.186 e. The molecule has 4 N–H and O–H groups in total. The van der Waals surface area contributed by atoms with Crippen molar-refractivity contribution in [3.63, 3.8) is 0 Å². The van der Waals surface area contributed by atoms with Crippen molar-refractivity contribution >= 4 is 0 Å². The zero-order valence-electron chi connectivity index (χ0n) is 26.1. The van der Waals surface area contributed by atoms with Crippen LogP contribution in [0.15, 0.2) is 11.6 Å². The van der Waals surface area contributed by atoms with E-state index >= 15 is 0 Å². The number of aliphatic hydroxyl groups excluding tert-OH is 4. The summed E-state index contributed by atoms with van der Waals surface area (Å²) in [7, 11) is 0. The molecule has 0 aromatic rings. The van der Waals surface area contributed by atoms with Crippen molar-refractivity contribution in [3.05, 3.63) is 11.6 Å². The van der Waals surface area contributed by atoms with Gasteiger partial charge in [-0.15, -0.1) is 0 Å². The summed E-state index contributed by atoms with van der Waals surface area (Å²) in [6.07, 6.45) is 6.87. The van der Waals surface area contributed by atoms with Crippen molar-refractivity contribution < 1.29 is 29.9 Å². The second kappa shape index (κ2) is 11.5. The van der Waals surface area contributed by atoms with Gasteiger partial charge in [-0.05, 0) is 104 Å². The molecule has 0 bridgehead atoms. The summed E-state index contributed by atoms with van der Waals surface area (Å²) in [5.41, 5.74) is 1.86. The summed E-state index contributed by atoms with van der Waals surface area (Å²) in [6.45, 7) is 16.1. The highest BCUT2D eigenvalue weighted by molar-refractivity contribution is 5.26. The fourth-order valence-corrected chi connectivity index (χ4v) is 10.2. The third kappa shape index (κ3) is 5.26. The molecular formula is C34H58O6. The van der Waals surface area contributed by atoms with Crippen molar-refractivity contribution in [2.45, 2.75) is 149 Å². The van der Waals surface area contributed by atoms with Crippen LogP contribution in [0, 0.1) is 52.3 Å². The van der Waals surface area contributed by atoms with Gasteiger partial charge in [0, 0.05) is 0 Å². The molecule has 40 heavy (non-hydrogen) atoms. The third-order valence-electron chi connectivity index (χ3n) is 13.1. The van der Waals surface area contributed by atoms with Crippen LogP contribution in [0.5, 0.6) is 0 Å². The summed E-state index contributed by atoms with van der Waals surface area (Å²) >= 11 is 0. The molecule has 3 unspecified atom stereocenters. The molecule has 5 rings (SSSR count). The topological polar surface area (TPSA) is 99.4 Å². The van der Waals surface area contributed by atoms with Crippen LogP contribution in [0.4, 0.5) is 0 Å². The van der Waals surface area contributed by atoms with Crippen LogP contribution in [0.25, 0.3) is 0 Å². The van der Waals surface area contributed by atoms with E-state index in [2.05, 4.69) is 47.6 Å². The van der Waals surface area contributed by atoms with Crippen LogP contribution in [0.2, 0.25) is 0 Å². The molecule has 1 saturated heterocycles. The summed E-state index contributed by atoms with van der Waals surface area (Å²) in [4.78, 5) is 0. The molecule has 1 heterocycles. The van der Waals surface area contributed by atoms with Gasteiger partial charge in [0.1, 0.15) is 18.3 Å². The first-order chi connectivity index (χ1) is 18.8. The Hall–Kier alpha value is -0.500. The Kier molecular flexibility index (Phi) is 8.93. The monoisotopic (exact) mass is 562 g/mol. The zero-order chi connectivity index (χ0) is 29.1. The minimum Gasteiger partial charge on any atom is -0.393 e. The van der Waals surface area contributed by atoms with Gasteiger partial charge in [0.05, 0.1) is 18.3 Å². The summed E-state index contributed by atoms with van der Waals surface area (Å²) in [6, 6.07) is 0. The number of ether oxygens (including phenoxy) is 2. The van der Waals surface area contributed by atoms with E-state index in [-0.39, 0.29) is 23.0 Å². The highest BCUT2D eigenvalue weighted by Gasteiger charge is 2.61. The Morgan fingerprint density at radius 2 is 1.68 bits per heavy atom. The Labute approximate surface area is 242 Å². The van der Waals surface area contributed by atoms with Crippen molar-refractivity contribution in [1.82, 2.24) is 0 Å². The number of hydrogen-bond donors (Lipinski definition) is 4. The lowest BCUT2D eigenvalue weighted by Crippen LogP contribution is -2.58. The van der Waals surface area contributed by atoms with Crippen molar-refractivity contribution in [2.24, 2.45) is 52.3 Å². The average Bonchev–Trinajstić information content (AvgIpc) is 3.18. The third-order valence-corrected chi connectivity index (χ3v) is 13.1. The predicted octanol–water partition coefficient (Wildman–Crippen LogP) is 5.46.